The molecule has 2 aromatic heterocycles. The van der Waals surface area contributed by atoms with Crippen molar-refractivity contribution in [2.75, 3.05) is 19.6 Å². The highest BCUT2D eigenvalue weighted by Gasteiger charge is 2.14. The quantitative estimate of drug-likeness (QED) is 0.418. The molecule has 0 unspecified atom stereocenters. The lowest BCUT2D eigenvalue weighted by Crippen LogP contribution is -2.25. The maximum Gasteiger partial charge on any atom is 0.215 e. The Bertz CT molecular complexity index is 1000. The molecule has 2 aromatic carbocycles. The lowest BCUT2D eigenvalue weighted by Gasteiger charge is -2.16. The van der Waals surface area contributed by atoms with E-state index in [1.54, 1.807) is 0 Å². The van der Waals surface area contributed by atoms with E-state index < -0.39 is 0 Å². The van der Waals surface area contributed by atoms with Crippen molar-refractivity contribution in [2.45, 2.75) is 26.8 Å². The fourth-order valence-corrected chi connectivity index (χ4v) is 3.64. The Morgan fingerprint density at radius 2 is 1.50 bits per heavy atom. The van der Waals surface area contributed by atoms with Crippen LogP contribution >= 0.6 is 24.8 Å². The smallest absolute Gasteiger partial charge is 0.215 e. The molecule has 2 heterocycles. The van der Waals surface area contributed by atoms with Crippen LogP contribution in [0.5, 0.6) is 0 Å². The summed E-state index contributed by atoms with van der Waals surface area (Å²) in [4.78, 5) is 7.43. The molecule has 0 aliphatic rings. The third kappa shape index (κ3) is 4.35. The van der Waals surface area contributed by atoms with E-state index in [4.69, 9.17) is 4.98 Å². The largest absolute Gasteiger partial charge is 0.305 e. The Hall–Kier alpha value is -2.01. The molecule has 150 valence electrons. The van der Waals surface area contributed by atoms with Crippen molar-refractivity contribution in [1.82, 2.24) is 18.9 Å². The second kappa shape index (κ2) is 9.97. The molecule has 4 rings (SSSR count). The van der Waals surface area contributed by atoms with Crippen molar-refractivity contribution >= 4 is 41.6 Å². The van der Waals surface area contributed by atoms with Crippen LogP contribution in [0.1, 0.15) is 25.1 Å². The first kappa shape index (κ1) is 22.3. The van der Waals surface area contributed by atoms with Crippen LogP contribution in [0.3, 0.4) is 0 Å². The maximum absolute atomic E-state index is 4.99. The van der Waals surface area contributed by atoms with E-state index in [9.17, 15) is 0 Å². The highest BCUT2D eigenvalue weighted by molar-refractivity contribution is 5.85. The van der Waals surface area contributed by atoms with E-state index in [1.807, 2.05) is 0 Å². The molecular formula is C22H28Cl2N4. The standard InChI is InChI=1S/C22H26N4.2ClH/c1-3-24(4-2)15-14-19-17-26-21-13-9-8-12-20(21)25(22(26)23-19)16-18-10-6-5-7-11-18;;/h5-13,17H,3-4,14-16H2,1-2H3;2*1H. The van der Waals surface area contributed by atoms with Gasteiger partial charge >= 0.3 is 0 Å². The SMILES string of the molecule is CCN(CC)CCc1cn2c3ccccc3n(Cc3ccccc3)c2n1.Cl.Cl. The summed E-state index contributed by atoms with van der Waals surface area (Å²) in [6, 6.07) is 19.2. The molecule has 0 amide bonds. The van der Waals surface area contributed by atoms with Crippen LogP contribution in [-0.4, -0.2) is 38.5 Å². The molecule has 0 aliphatic heterocycles. The first-order chi connectivity index (χ1) is 12.8. The molecule has 0 saturated carbocycles. The molecule has 0 spiro atoms. The van der Waals surface area contributed by atoms with Gasteiger partial charge in [0.05, 0.1) is 23.3 Å². The second-order valence-electron chi connectivity index (χ2n) is 6.74. The molecule has 6 heteroatoms. The predicted octanol–water partition coefficient (Wildman–Crippen LogP) is 5.07. The summed E-state index contributed by atoms with van der Waals surface area (Å²) in [5.41, 5.74) is 4.91. The number of halogens is 2. The minimum atomic E-state index is 0. The van der Waals surface area contributed by atoms with E-state index in [1.165, 1.54) is 22.3 Å². The van der Waals surface area contributed by atoms with E-state index in [0.717, 1.165) is 38.4 Å². The van der Waals surface area contributed by atoms with Gasteiger partial charge in [-0.1, -0.05) is 56.3 Å². The van der Waals surface area contributed by atoms with Gasteiger partial charge in [0.25, 0.3) is 0 Å². The zero-order valence-corrected chi connectivity index (χ0v) is 18.0. The predicted molar refractivity (Wildman–Crippen MR) is 122 cm³/mol. The third-order valence-corrected chi connectivity index (χ3v) is 5.17. The molecule has 0 aliphatic carbocycles. The minimum absolute atomic E-state index is 0. The van der Waals surface area contributed by atoms with Gasteiger partial charge in [-0.2, -0.15) is 0 Å². The zero-order valence-electron chi connectivity index (χ0n) is 16.4. The van der Waals surface area contributed by atoms with Crippen molar-refractivity contribution < 1.29 is 0 Å². The Balaban J connectivity index is 0.00000140. The Kier molecular flexibility index (Phi) is 7.93. The van der Waals surface area contributed by atoms with E-state index in [-0.39, 0.29) is 24.8 Å². The van der Waals surface area contributed by atoms with Gasteiger partial charge in [-0.15, -0.1) is 24.8 Å². The number of hydrogen-bond acceptors (Lipinski definition) is 2. The van der Waals surface area contributed by atoms with Gasteiger partial charge in [0.2, 0.25) is 5.78 Å². The van der Waals surface area contributed by atoms with Gasteiger partial charge in [0, 0.05) is 19.2 Å². The molecule has 0 bridgehead atoms. The van der Waals surface area contributed by atoms with Crippen molar-refractivity contribution in [2.24, 2.45) is 0 Å². The van der Waals surface area contributed by atoms with E-state index >= 15 is 0 Å². The average Bonchev–Trinajstić information content (AvgIpc) is 3.22. The lowest BCUT2D eigenvalue weighted by molar-refractivity contribution is 0.307. The van der Waals surface area contributed by atoms with E-state index in [0.29, 0.717) is 0 Å². The van der Waals surface area contributed by atoms with Gasteiger partial charge in [-0.3, -0.25) is 4.40 Å². The molecule has 0 radical (unpaired) electrons. The van der Waals surface area contributed by atoms with Crippen LogP contribution in [0.4, 0.5) is 0 Å². The average molecular weight is 419 g/mol. The number of rotatable bonds is 7. The van der Waals surface area contributed by atoms with Gasteiger partial charge in [-0.05, 0) is 30.8 Å². The highest BCUT2D eigenvalue weighted by Crippen LogP contribution is 2.22. The number of fused-ring (bicyclic) bond motifs is 3. The number of nitrogens with zero attached hydrogens (tertiary/aromatic N) is 4. The summed E-state index contributed by atoms with van der Waals surface area (Å²) in [6.45, 7) is 8.51. The Labute approximate surface area is 179 Å². The fraction of sp³-hybridized carbons (Fsp3) is 0.318. The van der Waals surface area contributed by atoms with Gasteiger partial charge < -0.3 is 9.47 Å². The molecule has 28 heavy (non-hydrogen) atoms. The van der Waals surface area contributed by atoms with Crippen molar-refractivity contribution in [3.05, 3.63) is 72.1 Å². The summed E-state index contributed by atoms with van der Waals surface area (Å²) in [6.07, 6.45) is 3.20. The fourth-order valence-electron chi connectivity index (χ4n) is 3.64. The number of para-hydroxylation sites is 2. The highest BCUT2D eigenvalue weighted by atomic mass is 35.5. The zero-order chi connectivity index (χ0) is 17.9. The molecule has 4 aromatic rings. The normalized spacial score (nSPS) is 11.0. The first-order valence-corrected chi connectivity index (χ1v) is 9.51. The van der Waals surface area contributed by atoms with Crippen LogP contribution in [0.15, 0.2) is 60.8 Å². The minimum Gasteiger partial charge on any atom is -0.305 e. The van der Waals surface area contributed by atoms with Crippen molar-refractivity contribution in [3.8, 4) is 0 Å². The van der Waals surface area contributed by atoms with Crippen LogP contribution < -0.4 is 0 Å². The Morgan fingerprint density at radius 3 is 2.18 bits per heavy atom. The molecule has 4 nitrogen and oxygen atoms in total. The van der Waals surface area contributed by atoms with Crippen molar-refractivity contribution in [1.29, 1.82) is 0 Å². The molecule has 0 N–H and O–H groups in total. The first-order valence-electron chi connectivity index (χ1n) is 9.51. The Morgan fingerprint density at radius 1 is 0.857 bits per heavy atom. The lowest BCUT2D eigenvalue weighted by atomic mass is 10.2. The van der Waals surface area contributed by atoms with Crippen molar-refractivity contribution in [3.63, 3.8) is 0 Å². The summed E-state index contributed by atoms with van der Waals surface area (Å²) >= 11 is 0. The third-order valence-electron chi connectivity index (χ3n) is 5.17. The summed E-state index contributed by atoms with van der Waals surface area (Å²) in [5.74, 6) is 1.03. The summed E-state index contributed by atoms with van der Waals surface area (Å²) in [5, 5.41) is 0. The van der Waals surface area contributed by atoms with Crippen LogP contribution in [0, 0.1) is 0 Å². The van der Waals surface area contributed by atoms with Gasteiger partial charge in [0.1, 0.15) is 0 Å². The topological polar surface area (TPSA) is 25.5 Å². The second-order valence-corrected chi connectivity index (χ2v) is 6.74. The van der Waals surface area contributed by atoms with Gasteiger partial charge in [0.15, 0.2) is 0 Å². The number of aromatic nitrogens is 3. The van der Waals surface area contributed by atoms with E-state index in [2.05, 4.69) is 88.5 Å². The number of likely N-dealkylation sites (N-methyl/N-ethyl adjacent to an activating group) is 1. The molecular weight excluding hydrogens is 391 g/mol. The van der Waals surface area contributed by atoms with Gasteiger partial charge in [-0.25, -0.2) is 4.98 Å². The van der Waals surface area contributed by atoms with Crippen LogP contribution in [-0.2, 0) is 13.0 Å². The number of imidazole rings is 2. The summed E-state index contributed by atoms with van der Waals surface area (Å²) < 4.78 is 4.57. The molecule has 0 atom stereocenters. The molecule has 0 saturated heterocycles. The van der Waals surface area contributed by atoms with Crippen LogP contribution in [0.2, 0.25) is 0 Å². The number of benzene rings is 2. The summed E-state index contributed by atoms with van der Waals surface area (Å²) in [7, 11) is 0. The van der Waals surface area contributed by atoms with Crippen LogP contribution in [0.25, 0.3) is 16.8 Å². The number of hydrogen-bond donors (Lipinski definition) is 0. The molecule has 0 fully saturated rings. The monoisotopic (exact) mass is 418 g/mol. The maximum atomic E-state index is 4.99.